The minimum atomic E-state index is -0.481. The molecule has 5 heteroatoms. The molecule has 0 fully saturated rings. The first kappa shape index (κ1) is 16.5. The Morgan fingerprint density at radius 3 is 2.58 bits per heavy atom. The van der Waals surface area contributed by atoms with Gasteiger partial charge in [-0.1, -0.05) is 43.1 Å². The van der Waals surface area contributed by atoms with Crippen molar-refractivity contribution in [2.75, 3.05) is 5.32 Å². The summed E-state index contributed by atoms with van der Waals surface area (Å²) >= 11 is 5.87. The van der Waals surface area contributed by atoms with Crippen molar-refractivity contribution in [3.05, 3.63) is 64.7 Å². The van der Waals surface area contributed by atoms with Gasteiger partial charge in [-0.25, -0.2) is 0 Å². The van der Waals surface area contributed by atoms with Gasteiger partial charge in [0.05, 0.1) is 0 Å². The van der Waals surface area contributed by atoms with Crippen molar-refractivity contribution < 1.29 is 9.59 Å². The molecular weight excluding hydrogens is 324 g/mol. The van der Waals surface area contributed by atoms with E-state index in [2.05, 4.69) is 5.32 Å². The van der Waals surface area contributed by atoms with Crippen LogP contribution in [0.5, 0.6) is 0 Å². The monoisotopic (exact) mass is 342 g/mol. The molecule has 0 bridgehead atoms. The quantitative estimate of drug-likeness (QED) is 0.889. The normalized spacial score (nSPS) is 14.4. The van der Waals surface area contributed by atoms with E-state index in [4.69, 9.17) is 11.6 Å². The van der Waals surface area contributed by atoms with Gasteiger partial charge in [-0.15, -0.1) is 0 Å². The molecule has 4 nitrogen and oxygen atoms in total. The Balaban J connectivity index is 1.79. The third-order valence-corrected chi connectivity index (χ3v) is 4.45. The molecule has 0 saturated heterocycles. The van der Waals surface area contributed by atoms with Gasteiger partial charge >= 0.3 is 0 Å². The van der Waals surface area contributed by atoms with Crippen molar-refractivity contribution >= 4 is 29.1 Å². The Kier molecular flexibility index (Phi) is 4.86. The van der Waals surface area contributed by atoms with Crippen LogP contribution in [-0.4, -0.2) is 22.8 Å². The molecule has 0 aromatic heterocycles. The molecule has 1 aliphatic heterocycles. The maximum Gasteiger partial charge on any atom is 0.255 e. The van der Waals surface area contributed by atoms with E-state index in [1.54, 1.807) is 29.2 Å². The fourth-order valence-corrected chi connectivity index (χ4v) is 3.12. The molecule has 1 N–H and O–H groups in total. The summed E-state index contributed by atoms with van der Waals surface area (Å²) < 4.78 is 0. The molecule has 0 spiro atoms. The average Bonchev–Trinajstić information content (AvgIpc) is 2.92. The minimum absolute atomic E-state index is 0.0738. The Bertz CT molecular complexity index is 758. The van der Waals surface area contributed by atoms with Crippen LogP contribution in [0.2, 0.25) is 5.02 Å². The number of fused-ring (bicyclic) bond motifs is 1. The Morgan fingerprint density at radius 1 is 1.21 bits per heavy atom. The summed E-state index contributed by atoms with van der Waals surface area (Å²) in [5, 5.41) is 3.50. The first-order valence-corrected chi connectivity index (χ1v) is 8.43. The second-order valence-corrected chi connectivity index (χ2v) is 6.33. The average molecular weight is 343 g/mol. The van der Waals surface area contributed by atoms with Crippen molar-refractivity contribution in [3.8, 4) is 0 Å². The third kappa shape index (κ3) is 3.29. The molecule has 24 heavy (non-hydrogen) atoms. The molecule has 1 atom stereocenters. The molecule has 0 radical (unpaired) electrons. The molecule has 1 aliphatic rings. The van der Waals surface area contributed by atoms with E-state index >= 15 is 0 Å². The van der Waals surface area contributed by atoms with Crippen molar-refractivity contribution in [2.45, 2.75) is 32.4 Å². The molecule has 2 amide bonds. The van der Waals surface area contributed by atoms with E-state index in [-0.39, 0.29) is 11.8 Å². The lowest BCUT2D eigenvalue weighted by Gasteiger charge is -2.26. The molecule has 0 saturated carbocycles. The number of nitrogens with zero attached hydrogens (tertiary/aromatic N) is 1. The van der Waals surface area contributed by atoms with E-state index in [0.29, 0.717) is 29.2 Å². The number of hydrogen-bond acceptors (Lipinski definition) is 2. The van der Waals surface area contributed by atoms with Crippen molar-refractivity contribution in [3.63, 3.8) is 0 Å². The summed E-state index contributed by atoms with van der Waals surface area (Å²) in [6.45, 7) is 2.49. The lowest BCUT2D eigenvalue weighted by atomic mass is 10.1. The highest BCUT2D eigenvalue weighted by Gasteiger charge is 2.35. The van der Waals surface area contributed by atoms with Gasteiger partial charge in [-0.05, 0) is 42.3 Å². The van der Waals surface area contributed by atoms with Gasteiger partial charge in [0.1, 0.15) is 6.04 Å². The first-order chi connectivity index (χ1) is 11.6. The van der Waals surface area contributed by atoms with Gasteiger partial charge in [0.15, 0.2) is 0 Å². The van der Waals surface area contributed by atoms with E-state index in [0.717, 1.165) is 12.0 Å². The van der Waals surface area contributed by atoms with E-state index in [1.807, 2.05) is 31.2 Å². The summed E-state index contributed by atoms with van der Waals surface area (Å²) in [6, 6.07) is 14.0. The van der Waals surface area contributed by atoms with Gasteiger partial charge in [-0.2, -0.15) is 0 Å². The van der Waals surface area contributed by atoms with Crippen LogP contribution in [-0.2, 0) is 11.3 Å². The van der Waals surface area contributed by atoms with Crippen LogP contribution in [0.1, 0.15) is 35.7 Å². The second kappa shape index (κ2) is 7.05. The standard InChI is InChI=1S/C19H19ClN2O2/c1-2-5-17(18(23)21-15-10-8-14(20)9-11-15)22-12-13-6-3-4-7-16(13)19(22)24/h3-4,6-11,17H,2,5,12H2,1H3,(H,21,23)/t17-/m0/s1. The van der Waals surface area contributed by atoms with Crippen LogP contribution in [0.15, 0.2) is 48.5 Å². The number of rotatable bonds is 5. The van der Waals surface area contributed by atoms with Gasteiger partial charge < -0.3 is 10.2 Å². The number of benzene rings is 2. The van der Waals surface area contributed by atoms with E-state index < -0.39 is 6.04 Å². The van der Waals surface area contributed by atoms with Crippen LogP contribution < -0.4 is 5.32 Å². The van der Waals surface area contributed by atoms with Gasteiger partial charge in [-0.3, -0.25) is 9.59 Å². The minimum Gasteiger partial charge on any atom is -0.324 e. The fraction of sp³-hybridized carbons (Fsp3) is 0.263. The van der Waals surface area contributed by atoms with Crippen molar-refractivity contribution in [2.24, 2.45) is 0 Å². The van der Waals surface area contributed by atoms with Crippen LogP contribution in [0.3, 0.4) is 0 Å². The molecule has 3 rings (SSSR count). The molecule has 0 unspecified atom stereocenters. The largest absolute Gasteiger partial charge is 0.324 e. The van der Waals surface area contributed by atoms with Crippen LogP contribution in [0.4, 0.5) is 5.69 Å². The number of carbonyl (C=O) groups excluding carboxylic acids is 2. The number of anilines is 1. The predicted octanol–water partition coefficient (Wildman–Crippen LogP) is 4.10. The second-order valence-electron chi connectivity index (χ2n) is 5.89. The zero-order valence-corrected chi connectivity index (χ0v) is 14.2. The Morgan fingerprint density at radius 2 is 1.92 bits per heavy atom. The number of carbonyl (C=O) groups is 2. The molecule has 124 valence electrons. The number of halogens is 1. The van der Waals surface area contributed by atoms with Crippen LogP contribution in [0, 0.1) is 0 Å². The lowest BCUT2D eigenvalue weighted by Crippen LogP contribution is -2.44. The highest BCUT2D eigenvalue weighted by molar-refractivity contribution is 6.30. The molecule has 2 aromatic rings. The first-order valence-electron chi connectivity index (χ1n) is 8.05. The van der Waals surface area contributed by atoms with Gasteiger partial charge in [0.25, 0.3) is 5.91 Å². The smallest absolute Gasteiger partial charge is 0.255 e. The summed E-state index contributed by atoms with van der Waals surface area (Å²) in [7, 11) is 0. The van der Waals surface area contributed by atoms with Crippen molar-refractivity contribution in [1.82, 2.24) is 4.90 Å². The fourth-order valence-electron chi connectivity index (χ4n) is 2.99. The topological polar surface area (TPSA) is 49.4 Å². The van der Waals surface area contributed by atoms with Gasteiger partial charge in [0.2, 0.25) is 5.91 Å². The lowest BCUT2D eigenvalue weighted by molar-refractivity contribution is -0.120. The molecule has 2 aromatic carbocycles. The highest BCUT2D eigenvalue weighted by atomic mass is 35.5. The maximum atomic E-state index is 12.7. The maximum absolute atomic E-state index is 12.7. The summed E-state index contributed by atoms with van der Waals surface area (Å²) in [5.41, 5.74) is 2.34. The Labute approximate surface area is 146 Å². The van der Waals surface area contributed by atoms with E-state index in [9.17, 15) is 9.59 Å². The SMILES string of the molecule is CCC[C@@H](C(=O)Nc1ccc(Cl)cc1)N1Cc2ccccc2C1=O. The predicted molar refractivity (Wildman–Crippen MR) is 95.1 cm³/mol. The zero-order chi connectivity index (χ0) is 17.1. The van der Waals surface area contributed by atoms with Crippen LogP contribution in [0.25, 0.3) is 0 Å². The highest BCUT2D eigenvalue weighted by Crippen LogP contribution is 2.26. The van der Waals surface area contributed by atoms with E-state index in [1.165, 1.54) is 0 Å². The summed E-state index contributed by atoms with van der Waals surface area (Å²) in [4.78, 5) is 27.0. The number of hydrogen-bond donors (Lipinski definition) is 1. The third-order valence-electron chi connectivity index (χ3n) is 4.20. The Hall–Kier alpha value is -2.33. The number of nitrogens with one attached hydrogen (secondary N) is 1. The summed E-state index contributed by atoms with van der Waals surface area (Å²) in [6.07, 6.45) is 1.44. The number of amides is 2. The molecule has 1 heterocycles. The van der Waals surface area contributed by atoms with Crippen molar-refractivity contribution in [1.29, 1.82) is 0 Å². The van der Waals surface area contributed by atoms with Crippen LogP contribution >= 0.6 is 11.6 Å². The molecular formula is C19H19ClN2O2. The zero-order valence-electron chi connectivity index (χ0n) is 13.5. The summed E-state index contributed by atoms with van der Waals surface area (Å²) in [5.74, 6) is -0.240. The van der Waals surface area contributed by atoms with Gasteiger partial charge in [0, 0.05) is 22.8 Å². The molecule has 0 aliphatic carbocycles.